The third-order valence-electron chi connectivity index (χ3n) is 2.58. The van der Waals surface area contributed by atoms with E-state index < -0.39 is 5.91 Å². The highest BCUT2D eigenvalue weighted by molar-refractivity contribution is 6.02. The van der Waals surface area contributed by atoms with Gasteiger partial charge in [0.2, 0.25) is 0 Å². The van der Waals surface area contributed by atoms with Gasteiger partial charge >= 0.3 is 5.91 Å². The van der Waals surface area contributed by atoms with Crippen LogP contribution in [0.1, 0.15) is 16.7 Å². The summed E-state index contributed by atoms with van der Waals surface area (Å²) in [6, 6.07) is 3.33. The van der Waals surface area contributed by atoms with Gasteiger partial charge in [0.15, 0.2) is 6.07 Å². The average Bonchev–Trinajstić information content (AvgIpc) is 2.26. The summed E-state index contributed by atoms with van der Waals surface area (Å²) in [7, 11) is 1.61. The number of methoxy groups -OCH3 is 1. The number of aryl methyl sites for hydroxylation is 1. The molecule has 84 valence electrons. The third kappa shape index (κ3) is 2.14. The average molecular weight is 218 g/mol. The standard InChI is InChI=1S/C12H14N2O2/c1-7-5-10(14-11(15)6-13)8(2)9(3)12(7)16-4/h5H,1-4H3,(H,14,15). The molecule has 0 bridgehead atoms. The first-order chi connectivity index (χ1) is 7.51. The number of nitrogens with zero attached hydrogens (tertiary/aromatic N) is 1. The van der Waals surface area contributed by atoms with E-state index in [-0.39, 0.29) is 0 Å². The van der Waals surface area contributed by atoms with Gasteiger partial charge in [-0.25, -0.2) is 0 Å². The number of carbonyl (C=O) groups is 1. The maximum atomic E-state index is 11.0. The molecule has 4 heteroatoms. The van der Waals surface area contributed by atoms with Crippen LogP contribution in [0.4, 0.5) is 5.69 Å². The van der Waals surface area contributed by atoms with Crippen LogP contribution in [0.3, 0.4) is 0 Å². The zero-order valence-electron chi connectivity index (χ0n) is 9.84. The first kappa shape index (κ1) is 12.1. The second-order valence-corrected chi connectivity index (χ2v) is 3.59. The summed E-state index contributed by atoms with van der Waals surface area (Å²) in [6.45, 7) is 5.70. The second kappa shape index (κ2) is 4.67. The molecular formula is C12H14N2O2. The Hall–Kier alpha value is -2.02. The van der Waals surface area contributed by atoms with E-state index in [9.17, 15) is 4.79 Å². The summed E-state index contributed by atoms with van der Waals surface area (Å²) in [5, 5.41) is 11.0. The second-order valence-electron chi connectivity index (χ2n) is 3.59. The quantitative estimate of drug-likeness (QED) is 0.773. The first-order valence-corrected chi connectivity index (χ1v) is 4.87. The third-order valence-corrected chi connectivity index (χ3v) is 2.58. The number of hydrogen-bond donors (Lipinski definition) is 1. The van der Waals surface area contributed by atoms with Gasteiger partial charge in [0, 0.05) is 5.69 Å². The number of anilines is 1. The largest absolute Gasteiger partial charge is 0.496 e. The summed E-state index contributed by atoms with van der Waals surface area (Å²) < 4.78 is 5.27. The lowest BCUT2D eigenvalue weighted by Gasteiger charge is -2.15. The molecule has 16 heavy (non-hydrogen) atoms. The number of ether oxygens (including phenoxy) is 1. The van der Waals surface area contributed by atoms with E-state index in [4.69, 9.17) is 10.00 Å². The Balaban J connectivity index is 3.24. The van der Waals surface area contributed by atoms with Crippen molar-refractivity contribution in [2.24, 2.45) is 0 Å². The van der Waals surface area contributed by atoms with E-state index in [2.05, 4.69) is 5.32 Å². The molecule has 0 radical (unpaired) electrons. The lowest BCUT2D eigenvalue weighted by Crippen LogP contribution is -2.10. The number of nitriles is 1. The number of amides is 1. The van der Waals surface area contributed by atoms with E-state index in [1.165, 1.54) is 6.07 Å². The number of rotatable bonds is 2. The van der Waals surface area contributed by atoms with Gasteiger partial charge in [-0.3, -0.25) is 4.79 Å². The molecule has 0 unspecified atom stereocenters. The monoisotopic (exact) mass is 218 g/mol. The fourth-order valence-electron chi connectivity index (χ4n) is 1.65. The van der Waals surface area contributed by atoms with Crippen molar-refractivity contribution >= 4 is 11.6 Å². The molecule has 0 aliphatic rings. The Morgan fingerprint density at radius 2 is 2.00 bits per heavy atom. The van der Waals surface area contributed by atoms with Gasteiger partial charge in [0.05, 0.1) is 7.11 Å². The molecule has 1 rings (SSSR count). The van der Waals surface area contributed by atoms with E-state index in [0.29, 0.717) is 5.69 Å². The predicted octanol–water partition coefficient (Wildman–Crippen LogP) is 2.08. The summed E-state index contributed by atoms with van der Waals surface area (Å²) in [4.78, 5) is 11.0. The molecule has 0 aliphatic carbocycles. The number of benzene rings is 1. The topological polar surface area (TPSA) is 62.1 Å². The van der Waals surface area contributed by atoms with E-state index in [1.807, 2.05) is 20.8 Å². The minimum absolute atomic E-state index is 0.655. The summed E-state index contributed by atoms with van der Waals surface area (Å²) in [6.07, 6.45) is 0. The van der Waals surface area contributed by atoms with Gasteiger partial charge in [-0.2, -0.15) is 5.26 Å². The van der Waals surface area contributed by atoms with Crippen LogP contribution in [0.25, 0.3) is 0 Å². The molecule has 0 heterocycles. The maximum absolute atomic E-state index is 11.0. The maximum Gasteiger partial charge on any atom is 0.326 e. The van der Waals surface area contributed by atoms with E-state index in [0.717, 1.165) is 22.4 Å². The zero-order chi connectivity index (χ0) is 12.3. The van der Waals surface area contributed by atoms with Crippen molar-refractivity contribution < 1.29 is 9.53 Å². The molecule has 0 atom stereocenters. The van der Waals surface area contributed by atoms with Crippen molar-refractivity contribution in [2.45, 2.75) is 20.8 Å². The summed E-state index contributed by atoms with van der Waals surface area (Å²) in [5.74, 6) is 0.152. The Bertz CT molecular complexity index is 473. The molecule has 0 aromatic heterocycles. The normalized spacial score (nSPS) is 9.44. The summed E-state index contributed by atoms with van der Waals surface area (Å²) in [5.41, 5.74) is 3.46. The van der Waals surface area contributed by atoms with Crippen LogP contribution in [-0.4, -0.2) is 13.0 Å². The van der Waals surface area contributed by atoms with Gasteiger partial charge < -0.3 is 10.1 Å². The van der Waals surface area contributed by atoms with Crippen molar-refractivity contribution in [1.82, 2.24) is 0 Å². The molecule has 1 amide bonds. The zero-order valence-corrected chi connectivity index (χ0v) is 9.84. The minimum Gasteiger partial charge on any atom is -0.496 e. The smallest absolute Gasteiger partial charge is 0.326 e. The Morgan fingerprint density at radius 3 is 2.50 bits per heavy atom. The molecule has 0 fully saturated rings. The highest BCUT2D eigenvalue weighted by Gasteiger charge is 2.11. The highest BCUT2D eigenvalue weighted by atomic mass is 16.5. The van der Waals surface area contributed by atoms with Crippen LogP contribution in [0.2, 0.25) is 0 Å². The Kier molecular flexibility index (Phi) is 3.51. The SMILES string of the molecule is COc1c(C)cc(NC(=O)C#N)c(C)c1C. The van der Waals surface area contributed by atoms with Crippen LogP contribution in [-0.2, 0) is 4.79 Å². The molecule has 4 nitrogen and oxygen atoms in total. The minimum atomic E-state index is -0.660. The van der Waals surface area contributed by atoms with Crippen molar-refractivity contribution in [1.29, 1.82) is 5.26 Å². The Labute approximate surface area is 94.8 Å². The van der Waals surface area contributed by atoms with Crippen molar-refractivity contribution in [3.05, 3.63) is 22.8 Å². The molecule has 0 aliphatic heterocycles. The Morgan fingerprint density at radius 1 is 1.38 bits per heavy atom. The number of nitrogens with one attached hydrogen (secondary N) is 1. The number of hydrogen-bond acceptors (Lipinski definition) is 3. The van der Waals surface area contributed by atoms with Gasteiger partial charge in [0.1, 0.15) is 5.75 Å². The molecule has 1 aromatic rings. The molecule has 0 saturated carbocycles. The first-order valence-electron chi connectivity index (χ1n) is 4.87. The number of carbonyl (C=O) groups excluding carboxylic acids is 1. The lowest BCUT2D eigenvalue weighted by atomic mass is 10.0. The van der Waals surface area contributed by atoms with Crippen molar-refractivity contribution in [3.8, 4) is 11.8 Å². The van der Waals surface area contributed by atoms with Gasteiger partial charge in [-0.15, -0.1) is 0 Å². The van der Waals surface area contributed by atoms with Crippen LogP contribution in [0.15, 0.2) is 6.07 Å². The predicted molar refractivity (Wildman–Crippen MR) is 61.4 cm³/mol. The van der Waals surface area contributed by atoms with Crippen molar-refractivity contribution in [2.75, 3.05) is 12.4 Å². The fraction of sp³-hybridized carbons (Fsp3) is 0.333. The fourth-order valence-corrected chi connectivity index (χ4v) is 1.65. The van der Waals surface area contributed by atoms with E-state index >= 15 is 0 Å². The van der Waals surface area contributed by atoms with Crippen molar-refractivity contribution in [3.63, 3.8) is 0 Å². The molecule has 1 aromatic carbocycles. The highest BCUT2D eigenvalue weighted by Crippen LogP contribution is 2.31. The van der Waals surface area contributed by atoms with Crippen LogP contribution < -0.4 is 10.1 Å². The lowest BCUT2D eigenvalue weighted by molar-refractivity contribution is -0.111. The van der Waals surface area contributed by atoms with Gasteiger partial charge in [-0.05, 0) is 43.5 Å². The molecule has 0 saturated heterocycles. The molecule has 0 spiro atoms. The van der Waals surface area contributed by atoms with Gasteiger partial charge in [0.25, 0.3) is 0 Å². The molecule has 1 N–H and O–H groups in total. The van der Waals surface area contributed by atoms with Crippen LogP contribution >= 0.6 is 0 Å². The molecular weight excluding hydrogens is 204 g/mol. The summed E-state index contributed by atoms with van der Waals surface area (Å²) >= 11 is 0. The van der Waals surface area contributed by atoms with Crippen LogP contribution in [0.5, 0.6) is 5.75 Å². The van der Waals surface area contributed by atoms with Gasteiger partial charge in [-0.1, -0.05) is 0 Å². The van der Waals surface area contributed by atoms with E-state index in [1.54, 1.807) is 13.2 Å². The van der Waals surface area contributed by atoms with Crippen LogP contribution in [0, 0.1) is 32.1 Å².